The molecule has 2 aromatic carbocycles. The van der Waals surface area contributed by atoms with Crippen molar-refractivity contribution in [2.75, 3.05) is 59.7 Å². The number of methoxy groups -OCH3 is 1. The highest BCUT2D eigenvalue weighted by Gasteiger charge is 2.49. The first kappa shape index (κ1) is 33.2. The number of nitrogens with zero attached hydrogens (tertiary/aromatic N) is 5. The van der Waals surface area contributed by atoms with Gasteiger partial charge in [0.05, 0.1) is 44.0 Å². The monoisotopic (exact) mass is 643 g/mol. The van der Waals surface area contributed by atoms with Crippen molar-refractivity contribution in [1.29, 1.82) is 0 Å². The molecule has 0 saturated carbocycles. The molecule has 1 aromatic heterocycles. The molecule has 3 fully saturated rings. The molecule has 0 spiro atoms. The second-order valence-electron chi connectivity index (χ2n) is 13.2. The zero-order valence-electron chi connectivity index (χ0n) is 28.4. The minimum absolute atomic E-state index is 0.0905. The molecule has 252 valence electrons. The Kier molecular flexibility index (Phi) is 10.3. The van der Waals surface area contributed by atoms with E-state index in [0.717, 1.165) is 38.2 Å². The van der Waals surface area contributed by atoms with E-state index in [2.05, 4.69) is 92.3 Å². The molecule has 0 N–H and O–H groups in total. The van der Waals surface area contributed by atoms with Gasteiger partial charge in [-0.1, -0.05) is 67.6 Å². The summed E-state index contributed by atoms with van der Waals surface area (Å²) >= 11 is 0. The van der Waals surface area contributed by atoms with E-state index < -0.39 is 0 Å². The topological polar surface area (TPSA) is 89.5 Å². The summed E-state index contributed by atoms with van der Waals surface area (Å²) in [6.07, 6.45) is 0.707. The molecule has 10 heteroatoms. The van der Waals surface area contributed by atoms with Crippen molar-refractivity contribution < 1.29 is 23.7 Å². The molecule has 6 rings (SSSR count). The number of fused-ring (bicyclic) bond motifs is 1. The summed E-state index contributed by atoms with van der Waals surface area (Å²) < 4.78 is 23.3. The Balaban J connectivity index is 1.37. The summed E-state index contributed by atoms with van der Waals surface area (Å²) in [5.41, 5.74) is 2.98. The van der Waals surface area contributed by atoms with Crippen LogP contribution in [0.15, 0.2) is 60.7 Å². The first-order chi connectivity index (χ1) is 22.9. The van der Waals surface area contributed by atoms with Crippen LogP contribution in [0, 0.1) is 5.41 Å². The summed E-state index contributed by atoms with van der Waals surface area (Å²) in [7, 11) is 1.63. The summed E-state index contributed by atoms with van der Waals surface area (Å²) in [5.74, 6) is 1.30. The molecule has 1 unspecified atom stereocenters. The standard InChI is InChI=1S/C37H49N5O5/c1-6-37(24-45-25-37)35(43)41-18-19-42-29(21-41)20-40(22-30-33(44-5)38-36(46-7-2)39-34(30)47-26(3)4)23-31(42)32(27-14-10-8-11-15-27)28-16-12-9-13-17-28/h8-17,26,29,31-32H,6-7,18-25H2,1-5H3/t29-,31?/m1/s1. The summed E-state index contributed by atoms with van der Waals surface area (Å²) in [6.45, 7) is 13.8. The molecule has 3 saturated heterocycles. The maximum Gasteiger partial charge on any atom is 0.323 e. The van der Waals surface area contributed by atoms with E-state index in [0.29, 0.717) is 44.7 Å². The van der Waals surface area contributed by atoms with Gasteiger partial charge in [0.1, 0.15) is 0 Å². The molecule has 4 heterocycles. The highest BCUT2D eigenvalue weighted by Crippen LogP contribution is 2.39. The van der Waals surface area contributed by atoms with Crippen LogP contribution >= 0.6 is 0 Å². The number of carbonyl (C=O) groups excluding carboxylic acids is 1. The summed E-state index contributed by atoms with van der Waals surface area (Å²) in [4.78, 5) is 30.4. The van der Waals surface area contributed by atoms with Crippen LogP contribution in [0.3, 0.4) is 0 Å². The van der Waals surface area contributed by atoms with E-state index in [1.54, 1.807) is 7.11 Å². The largest absolute Gasteiger partial charge is 0.481 e. The van der Waals surface area contributed by atoms with Crippen LogP contribution in [0.1, 0.15) is 56.7 Å². The van der Waals surface area contributed by atoms with Gasteiger partial charge < -0.3 is 23.8 Å². The maximum atomic E-state index is 13.9. The SMILES string of the molecule is CCOc1nc(OC)c(CN2CC(C(c3ccccc3)c3ccccc3)N3CCN(C(=O)C4(CC)COC4)C[C@H]3C2)c(OC(C)C)n1. The third kappa shape index (κ3) is 6.96. The number of piperazine rings is 2. The number of aromatic nitrogens is 2. The number of hydrogen-bond acceptors (Lipinski definition) is 9. The second kappa shape index (κ2) is 14.6. The average molecular weight is 644 g/mol. The third-order valence-corrected chi connectivity index (χ3v) is 9.85. The number of ether oxygens (including phenoxy) is 4. The lowest BCUT2D eigenvalue weighted by Crippen LogP contribution is -2.69. The van der Waals surface area contributed by atoms with Gasteiger partial charge in [-0.3, -0.25) is 14.6 Å². The van der Waals surface area contributed by atoms with Crippen molar-refractivity contribution in [3.05, 3.63) is 77.4 Å². The van der Waals surface area contributed by atoms with Crippen LogP contribution in [0.4, 0.5) is 0 Å². The molecule has 47 heavy (non-hydrogen) atoms. The molecule has 10 nitrogen and oxygen atoms in total. The van der Waals surface area contributed by atoms with Crippen molar-refractivity contribution in [1.82, 2.24) is 24.7 Å². The quantitative estimate of drug-likeness (QED) is 0.280. The van der Waals surface area contributed by atoms with Crippen molar-refractivity contribution >= 4 is 5.91 Å². The van der Waals surface area contributed by atoms with E-state index >= 15 is 0 Å². The molecule has 2 atom stereocenters. The van der Waals surface area contributed by atoms with Crippen molar-refractivity contribution in [3.8, 4) is 17.8 Å². The number of rotatable bonds is 12. The molecule has 0 aliphatic carbocycles. The van der Waals surface area contributed by atoms with Crippen LogP contribution in [-0.2, 0) is 16.1 Å². The number of amides is 1. The minimum atomic E-state index is -0.386. The predicted molar refractivity (Wildman–Crippen MR) is 180 cm³/mol. The van der Waals surface area contributed by atoms with Crippen molar-refractivity contribution in [3.63, 3.8) is 0 Å². The lowest BCUT2D eigenvalue weighted by Gasteiger charge is -2.55. The zero-order chi connectivity index (χ0) is 33.0. The van der Waals surface area contributed by atoms with Gasteiger partial charge in [0.25, 0.3) is 0 Å². The first-order valence-electron chi connectivity index (χ1n) is 17.0. The van der Waals surface area contributed by atoms with Crippen molar-refractivity contribution in [2.45, 2.75) is 64.8 Å². The fourth-order valence-corrected chi connectivity index (χ4v) is 7.41. The van der Waals surface area contributed by atoms with E-state index in [9.17, 15) is 4.79 Å². The zero-order valence-corrected chi connectivity index (χ0v) is 28.4. The van der Waals surface area contributed by atoms with E-state index in [1.807, 2.05) is 20.8 Å². The van der Waals surface area contributed by atoms with Gasteiger partial charge in [0.2, 0.25) is 17.7 Å². The van der Waals surface area contributed by atoms with Gasteiger partial charge in [-0.15, -0.1) is 0 Å². The fourth-order valence-electron chi connectivity index (χ4n) is 7.41. The molecule has 3 aliphatic rings. The molecule has 1 amide bonds. The first-order valence-corrected chi connectivity index (χ1v) is 17.0. The fraction of sp³-hybridized carbons (Fsp3) is 0.541. The van der Waals surface area contributed by atoms with Gasteiger partial charge in [-0.25, -0.2) is 0 Å². The summed E-state index contributed by atoms with van der Waals surface area (Å²) in [5, 5.41) is 0. The Morgan fingerprint density at radius 3 is 2.15 bits per heavy atom. The van der Waals surface area contributed by atoms with Crippen LogP contribution in [0.25, 0.3) is 0 Å². The van der Waals surface area contributed by atoms with Gasteiger partial charge >= 0.3 is 6.01 Å². The third-order valence-electron chi connectivity index (χ3n) is 9.85. The van der Waals surface area contributed by atoms with Gasteiger partial charge in [-0.2, -0.15) is 9.97 Å². The number of carbonyl (C=O) groups is 1. The Bertz CT molecular complexity index is 1440. The van der Waals surface area contributed by atoms with Crippen LogP contribution in [0.2, 0.25) is 0 Å². The van der Waals surface area contributed by atoms with Gasteiger partial charge in [0.15, 0.2) is 0 Å². The summed E-state index contributed by atoms with van der Waals surface area (Å²) in [6, 6.07) is 22.2. The molecule has 3 aromatic rings. The predicted octanol–water partition coefficient (Wildman–Crippen LogP) is 4.63. The Hall–Kier alpha value is -3.73. The minimum Gasteiger partial charge on any atom is -0.481 e. The normalized spacial score (nSPS) is 21.3. The Morgan fingerprint density at radius 1 is 0.936 bits per heavy atom. The van der Waals surface area contributed by atoms with E-state index in [1.165, 1.54) is 11.1 Å². The Morgan fingerprint density at radius 2 is 1.60 bits per heavy atom. The van der Waals surface area contributed by atoms with Crippen LogP contribution in [0.5, 0.6) is 17.8 Å². The van der Waals surface area contributed by atoms with Crippen molar-refractivity contribution in [2.24, 2.45) is 5.41 Å². The smallest absolute Gasteiger partial charge is 0.323 e. The van der Waals surface area contributed by atoms with Crippen LogP contribution in [-0.4, -0.2) is 108 Å². The highest BCUT2D eigenvalue weighted by molar-refractivity contribution is 5.84. The lowest BCUT2D eigenvalue weighted by molar-refractivity contribution is -0.177. The van der Waals surface area contributed by atoms with E-state index in [4.69, 9.17) is 18.9 Å². The highest BCUT2D eigenvalue weighted by atomic mass is 16.5. The van der Waals surface area contributed by atoms with Gasteiger partial charge in [0, 0.05) is 57.3 Å². The molecule has 0 radical (unpaired) electrons. The van der Waals surface area contributed by atoms with Gasteiger partial charge in [-0.05, 0) is 38.3 Å². The lowest BCUT2D eigenvalue weighted by atomic mass is 9.80. The number of benzene rings is 2. The maximum absolute atomic E-state index is 13.9. The van der Waals surface area contributed by atoms with E-state index in [-0.39, 0.29) is 41.4 Å². The van der Waals surface area contributed by atoms with Crippen LogP contribution < -0.4 is 14.2 Å². The molecule has 3 aliphatic heterocycles. The molecular formula is C37H49N5O5. The molecule has 0 bridgehead atoms. The molecular weight excluding hydrogens is 594 g/mol. The number of hydrogen-bond donors (Lipinski definition) is 0. The average Bonchev–Trinajstić information content (AvgIpc) is 3.06. The Labute approximate surface area is 279 Å². The second-order valence-corrected chi connectivity index (χ2v) is 13.2.